The highest BCUT2D eigenvalue weighted by Gasteiger charge is 2.13. The maximum absolute atomic E-state index is 11.9. The number of aromatic nitrogens is 2. The fourth-order valence-electron chi connectivity index (χ4n) is 2.26. The monoisotopic (exact) mass is 334 g/mol. The van der Waals surface area contributed by atoms with Gasteiger partial charge in [-0.2, -0.15) is 5.10 Å². The van der Waals surface area contributed by atoms with Gasteiger partial charge in [0.1, 0.15) is 0 Å². The molecule has 0 fully saturated rings. The second-order valence-corrected chi connectivity index (χ2v) is 5.99. The number of halogens is 1. The van der Waals surface area contributed by atoms with Crippen LogP contribution in [-0.2, 0) is 11.3 Å². The summed E-state index contributed by atoms with van der Waals surface area (Å²) in [5.74, 6) is 0.0105. The average molecular weight is 335 g/mol. The lowest BCUT2D eigenvalue weighted by molar-refractivity contribution is -0.121. The number of nitrogens with one attached hydrogen (secondary N) is 2. The molecule has 0 aliphatic rings. The van der Waals surface area contributed by atoms with Gasteiger partial charge in [0, 0.05) is 43.0 Å². The molecule has 0 radical (unpaired) electrons. The molecular formula is C17H23ClN4O. The Hall–Kier alpha value is -1.85. The standard InChI is InChI=1S/C17H23ClN4O/c1-13(14(2)22-11-5-9-21-22)19-10-8-17(23)20-12-15-6-3-4-7-16(15)18/h3-7,9,11,13-14,19H,8,10,12H2,1-2H3,(H,20,23)/t13-,14+/m0/s1. The summed E-state index contributed by atoms with van der Waals surface area (Å²) < 4.78 is 1.91. The van der Waals surface area contributed by atoms with Crippen LogP contribution in [0.15, 0.2) is 42.7 Å². The first-order chi connectivity index (χ1) is 11.1. The van der Waals surface area contributed by atoms with E-state index >= 15 is 0 Å². The van der Waals surface area contributed by atoms with Crippen LogP contribution in [0.4, 0.5) is 0 Å². The predicted octanol–water partition coefficient (Wildman–Crippen LogP) is 2.78. The number of amides is 1. The van der Waals surface area contributed by atoms with Crippen molar-refractivity contribution in [3.8, 4) is 0 Å². The molecule has 0 bridgehead atoms. The Morgan fingerprint density at radius 1 is 1.30 bits per heavy atom. The zero-order valence-electron chi connectivity index (χ0n) is 13.5. The minimum Gasteiger partial charge on any atom is -0.352 e. The van der Waals surface area contributed by atoms with E-state index in [1.165, 1.54) is 0 Å². The summed E-state index contributed by atoms with van der Waals surface area (Å²) in [4.78, 5) is 11.9. The van der Waals surface area contributed by atoms with Gasteiger partial charge >= 0.3 is 0 Å². The first-order valence-corrected chi connectivity index (χ1v) is 8.18. The molecule has 0 aliphatic heterocycles. The van der Waals surface area contributed by atoms with Gasteiger partial charge in [-0.15, -0.1) is 0 Å². The van der Waals surface area contributed by atoms with E-state index in [1.807, 2.05) is 41.2 Å². The van der Waals surface area contributed by atoms with Crippen LogP contribution in [0.2, 0.25) is 5.02 Å². The minimum atomic E-state index is 0.0105. The van der Waals surface area contributed by atoms with Crippen molar-refractivity contribution < 1.29 is 4.79 Å². The van der Waals surface area contributed by atoms with E-state index in [9.17, 15) is 4.79 Å². The Labute approximate surface area is 142 Å². The number of benzene rings is 1. The van der Waals surface area contributed by atoms with E-state index in [-0.39, 0.29) is 18.0 Å². The van der Waals surface area contributed by atoms with E-state index in [2.05, 4.69) is 29.6 Å². The van der Waals surface area contributed by atoms with Gasteiger partial charge in [-0.3, -0.25) is 9.48 Å². The second-order valence-electron chi connectivity index (χ2n) is 5.59. The smallest absolute Gasteiger partial charge is 0.221 e. The first kappa shape index (κ1) is 17.5. The van der Waals surface area contributed by atoms with Gasteiger partial charge in [0.25, 0.3) is 0 Å². The molecule has 2 N–H and O–H groups in total. The Morgan fingerprint density at radius 2 is 2.09 bits per heavy atom. The number of hydrogen-bond donors (Lipinski definition) is 2. The number of nitrogens with zero attached hydrogens (tertiary/aromatic N) is 2. The SMILES string of the molecule is C[C@H](NCCC(=O)NCc1ccccc1Cl)[C@@H](C)n1cccn1. The molecule has 2 aromatic rings. The quantitative estimate of drug-likeness (QED) is 0.780. The van der Waals surface area contributed by atoms with Gasteiger partial charge < -0.3 is 10.6 Å². The number of carbonyl (C=O) groups is 1. The van der Waals surface area contributed by atoms with E-state index in [0.29, 0.717) is 24.5 Å². The Kier molecular flexibility index (Phi) is 6.62. The Bertz CT molecular complexity index is 615. The summed E-state index contributed by atoms with van der Waals surface area (Å²) in [6, 6.07) is 9.89. The predicted molar refractivity (Wildman–Crippen MR) is 92.3 cm³/mol. The molecule has 1 aromatic carbocycles. The summed E-state index contributed by atoms with van der Waals surface area (Å²) >= 11 is 6.07. The zero-order valence-corrected chi connectivity index (χ0v) is 14.3. The van der Waals surface area contributed by atoms with Crippen LogP contribution >= 0.6 is 11.6 Å². The Balaban J connectivity index is 1.67. The highest BCUT2D eigenvalue weighted by molar-refractivity contribution is 6.31. The van der Waals surface area contributed by atoms with Gasteiger partial charge in [-0.1, -0.05) is 29.8 Å². The number of carbonyl (C=O) groups excluding carboxylic acids is 1. The zero-order chi connectivity index (χ0) is 16.7. The molecule has 23 heavy (non-hydrogen) atoms. The highest BCUT2D eigenvalue weighted by Crippen LogP contribution is 2.14. The van der Waals surface area contributed by atoms with Crippen molar-refractivity contribution in [3.05, 3.63) is 53.3 Å². The lowest BCUT2D eigenvalue weighted by Crippen LogP contribution is -2.36. The average Bonchev–Trinajstić information content (AvgIpc) is 3.07. The third kappa shape index (κ3) is 5.37. The molecule has 5 nitrogen and oxygen atoms in total. The number of hydrogen-bond acceptors (Lipinski definition) is 3. The molecule has 1 heterocycles. The van der Waals surface area contributed by atoms with Gasteiger partial charge in [0.15, 0.2) is 0 Å². The van der Waals surface area contributed by atoms with Crippen molar-refractivity contribution >= 4 is 17.5 Å². The van der Waals surface area contributed by atoms with Crippen LogP contribution in [0.5, 0.6) is 0 Å². The van der Waals surface area contributed by atoms with Crippen molar-refractivity contribution in [2.24, 2.45) is 0 Å². The van der Waals surface area contributed by atoms with Gasteiger partial charge in [0.05, 0.1) is 6.04 Å². The summed E-state index contributed by atoms with van der Waals surface area (Å²) in [7, 11) is 0. The van der Waals surface area contributed by atoms with Gasteiger partial charge in [-0.05, 0) is 31.5 Å². The van der Waals surface area contributed by atoms with Crippen LogP contribution in [-0.4, -0.2) is 28.3 Å². The second kappa shape index (κ2) is 8.70. The van der Waals surface area contributed by atoms with E-state index in [1.54, 1.807) is 6.20 Å². The van der Waals surface area contributed by atoms with Crippen molar-refractivity contribution in [1.29, 1.82) is 0 Å². The summed E-state index contributed by atoms with van der Waals surface area (Å²) in [5.41, 5.74) is 0.927. The Morgan fingerprint density at radius 3 is 2.78 bits per heavy atom. The topological polar surface area (TPSA) is 59.0 Å². The first-order valence-electron chi connectivity index (χ1n) is 7.80. The van der Waals surface area contributed by atoms with Crippen LogP contribution in [0, 0.1) is 0 Å². The third-order valence-electron chi connectivity index (χ3n) is 3.92. The normalized spacial score (nSPS) is 13.5. The van der Waals surface area contributed by atoms with Crippen molar-refractivity contribution in [2.75, 3.05) is 6.54 Å². The maximum atomic E-state index is 11.9. The molecule has 124 valence electrons. The highest BCUT2D eigenvalue weighted by atomic mass is 35.5. The van der Waals surface area contributed by atoms with Crippen molar-refractivity contribution in [2.45, 2.75) is 38.9 Å². The molecule has 0 spiro atoms. The number of rotatable bonds is 8. The summed E-state index contributed by atoms with van der Waals surface area (Å²) in [6.07, 6.45) is 4.14. The van der Waals surface area contributed by atoms with E-state index < -0.39 is 0 Å². The molecule has 0 saturated heterocycles. The fourth-order valence-corrected chi connectivity index (χ4v) is 2.46. The van der Waals surface area contributed by atoms with E-state index in [4.69, 9.17) is 11.6 Å². The molecule has 6 heteroatoms. The molecule has 0 unspecified atom stereocenters. The lowest BCUT2D eigenvalue weighted by atomic mass is 10.1. The van der Waals surface area contributed by atoms with Gasteiger partial charge in [0.2, 0.25) is 5.91 Å². The molecule has 1 aromatic heterocycles. The lowest BCUT2D eigenvalue weighted by Gasteiger charge is -2.21. The molecule has 0 aliphatic carbocycles. The summed E-state index contributed by atoms with van der Waals surface area (Å²) in [5, 5.41) is 11.2. The van der Waals surface area contributed by atoms with Crippen LogP contribution in [0.1, 0.15) is 31.9 Å². The van der Waals surface area contributed by atoms with Crippen molar-refractivity contribution in [1.82, 2.24) is 20.4 Å². The molecule has 2 atom stereocenters. The van der Waals surface area contributed by atoms with Crippen LogP contribution in [0.25, 0.3) is 0 Å². The molecule has 2 rings (SSSR count). The largest absolute Gasteiger partial charge is 0.352 e. The summed E-state index contributed by atoms with van der Waals surface area (Å²) in [6.45, 7) is 5.27. The fraction of sp³-hybridized carbons (Fsp3) is 0.412. The third-order valence-corrected chi connectivity index (χ3v) is 4.29. The van der Waals surface area contributed by atoms with Crippen molar-refractivity contribution in [3.63, 3.8) is 0 Å². The maximum Gasteiger partial charge on any atom is 0.221 e. The van der Waals surface area contributed by atoms with Crippen LogP contribution in [0.3, 0.4) is 0 Å². The molecular weight excluding hydrogens is 312 g/mol. The minimum absolute atomic E-state index is 0.0105. The molecule has 1 amide bonds. The molecule has 0 saturated carbocycles. The van der Waals surface area contributed by atoms with E-state index in [0.717, 1.165) is 5.56 Å². The van der Waals surface area contributed by atoms with Gasteiger partial charge in [-0.25, -0.2) is 0 Å². The van der Waals surface area contributed by atoms with Crippen LogP contribution < -0.4 is 10.6 Å².